The van der Waals surface area contributed by atoms with Gasteiger partial charge in [-0.15, -0.1) is 11.3 Å². The fraction of sp³-hybridized carbons (Fsp3) is 0.714. The molecule has 104 valence electrons. The summed E-state index contributed by atoms with van der Waals surface area (Å²) in [5, 5.41) is 3.76. The van der Waals surface area contributed by atoms with Crippen LogP contribution in [0.15, 0.2) is 0 Å². The van der Waals surface area contributed by atoms with Crippen LogP contribution in [0, 0.1) is 5.92 Å². The molecule has 4 nitrogen and oxygen atoms in total. The van der Waals surface area contributed by atoms with Crippen molar-refractivity contribution in [3.8, 4) is 0 Å². The molecule has 0 aliphatic heterocycles. The van der Waals surface area contributed by atoms with Crippen LogP contribution in [0.5, 0.6) is 0 Å². The van der Waals surface area contributed by atoms with Gasteiger partial charge in [0.1, 0.15) is 0 Å². The highest BCUT2D eigenvalue weighted by Crippen LogP contribution is 2.31. The first kappa shape index (κ1) is 13.1. The Morgan fingerprint density at radius 2 is 2.00 bits per heavy atom. The molecule has 1 fully saturated rings. The molecule has 0 radical (unpaired) electrons. The highest BCUT2D eigenvalue weighted by atomic mass is 32.1. The van der Waals surface area contributed by atoms with Gasteiger partial charge in [-0.3, -0.25) is 4.79 Å². The maximum absolute atomic E-state index is 12.3. The quantitative estimate of drug-likeness (QED) is 0.874. The van der Waals surface area contributed by atoms with Crippen molar-refractivity contribution in [1.82, 2.24) is 4.98 Å². The second-order valence-corrected chi connectivity index (χ2v) is 6.72. The second kappa shape index (κ2) is 5.59. The van der Waals surface area contributed by atoms with Gasteiger partial charge in [-0.1, -0.05) is 12.8 Å². The summed E-state index contributed by atoms with van der Waals surface area (Å²) in [6, 6.07) is 0.0170. The van der Waals surface area contributed by atoms with Gasteiger partial charge in [0.05, 0.1) is 11.6 Å². The number of carbonyl (C=O) groups excluding carboxylic acids is 1. The fourth-order valence-corrected chi connectivity index (χ4v) is 4.14. The Morgan fingerprint density at radius 1 is 1.21 bits per heavy atom. The van der Waals surface area contributed by atoms with E-state index in [1.807, 2.05) is 0 Å². The summed E-state index contributed by atoms with van der Waals surface area (Å²) in [6.45, 7) is 0. The molecule has 2 aliphatic rings. The van der Waals surface area contributed by atoms with Gasteiger partial charge in [0.2, 0.25) is 5.91 Å². The number of thiazole rings is 1. The maximum Gasteiger partial charge on any atom is 0.230 e. The van der Waals surface area contributed by atoms with Gasteiger partial charge >= 0.3 is 0 Å². The van der Waals surface area contributed by atoms with Crippen LogP contribution in [0.25, 0.3) is 0 Å². The number of rotatable bonds is 2. The number of nitrogens with two attached hydrogens (primary N) is 1. The number of hydrogen-bond acceptors (Lipinski definition) is 4. The van der Waals surface area contributed by atoms with Gasteiger partial charge in [-0.25, -0.2) is 4.98 Å². The first-order valence-electron chi connectivity index (χ1n) is 7.29. The Labute approximate surface area is 117 Å². The van der Waals surface area contributed by atoms with Crippen molar-refractivity contribution >= 4 is 22.4 Å². The monoisotopic (exact) mass is 279 g/mol. The van der Waals surface area contributed by atoms with Crippen LogP contribution in [0.2, 0.25) is 0 Å². The smallest absolute Gasteiger partial charge is 0.230 e. The van der Waals surface area contributed by atoms with E-state index in [0.29, 0.717) is 0 Å². The third-order valence-corrected chi connectivity index (χ3v) is 5.30. The Kier molecular flexibility index (Phi) is 3.84. The van der Waals surface area contributed by atoms with E-state index in [-0.39, 0.29) is 17.9 Å². The molecule has 3 N–H and O–H groups in total. The molecule has 3 rings (SSSR count). The number of amides is 1. The summed E-state index contributed by atoms with van der Waals surface area (Å²) in [5.41, 5.74) is 7.25. The first-order chi connectivity index (χ1) is 9.24. The summed E-state index contributed by atoms with van der Waals surface area (Å²) in [7, 11) is 0. The highest BCUT2D eigenvalue weighted by Gasteiger charge is 2.29. The van der Waals surface area contributed by atoms with Crippen LogP contribution in [0.4, 0.5) is 5.13 Å². The second-order valence-electron chi connectivity index (χ2n) is 5.64. The van der Waals surface area contributed by atoms with Crippen LogP contribution < -0.4 is 11.1 Å². The summed E-state index contributed by atoms with van der Waals surface area (Å²) >= 11 is 1.65. The zero-order valence-electron chi connectivity index (χ0n) is 11.2. The SMILES string of the molecule is NC1CCCCC1C(=O)Nc1nc2c(s1)CCCC2. The predicted octanol–water partition coefficient (Wildman–Crippen LogP) is 2.48. The minimum absolute atomic E-state index is 0.0170. The van der Waals surface area contributed by atoms with Gasteiger partial charge in [0, 0.05) is 10.9 Å². The number of fused-ring (bicyclic) bond motifs is 1. The number of hydrogen-bond donors (Lipinski definition) is 2. The number of anilines is 1. The van der Waals surface area contributed by atoms with Crippen molar-refractivity contribution in [1.29, 1.82) is 0 Å². The minimum Gasteiger partial charge on any atom is -0.327 e. The normalized spacial score (nSPS) is 26.8. The number of aromatic nitrogens is 1. The summed E-state index contributed by atoms with van der Waals surface area (Å²) in [5.74, 6) is 0.0352. The van der Waals surface area contributed by atoms with Crippen molar-refractivity contribution in [2.75, 3.05) is 5.32 Å². The molecular formula is C14H21N3OS. The number of nitrogens with one attached hydrogen (secondary N) is 1. The molecule has 0 bridgehead atoms. The highest BCUT2D eigenvalue weighted by molar-refractivity contribution is 7.15. The van der Waals surface area contributed by atoms with Crippen molar-refractivity contribution in [2.45, 2.75) is 57.4 Å². The first-order valence-corrected chi connectivity index (χ1v) is 8.11. The number of nitrogens with zero attached hydrogens (tertiary/aromatic N) is 1. The Morgan fingerprint density at radius 3 is 2.79 bits per heavy atom. The van der Waals surface area contributed by atoms with E-state index in [2.05, 4.69) is 10.3 Å². The average Bonchev–Trinajstić information content (AvgIpc) is 2.81. The molecule has 0 spiro atoms. The molecule has 1 saturated carbocycles. The van der Waals surface area contributed by atoms with Crippen LogP contribution in [0.1, 0.15) is 49.1 Å². The molecule has 1 aromatic rings. The van der Waals surface area contributed by atoms with E-state index < -0.39 is 0 Å². The summed E-state index contributed by atoms with van der Waals surface area (Å²) < 4.78 is 0. The Bertz CT molecular complexity index is 448. The fourth-order valence-electron chi connectivity index (χ4n) is 3.09. The molecule has 2 aliphatic carbocycles. The lowest BCUT2D eigenvalue weighted by Crippen LogP contribution is -2.40. The molecule has 0 saturated heterocycles. The average molecular weight is 279 g/mol. The summed E-state index contributed by atoms with van der Waals surface area (Å²) in [4.78, 5) is 18.2. The van der Waals surface area contributed by atoms with Crippen molar-refractivity contribution in [2.24, 2.45) is 11.7 Å². The van der Waals surface area contributed by atoms with Gasteiger partial charge in [0.25, 0.3) is 0 Å². The third kappa shape index (κ3) is 2.82. The summed E-state index contributed by atoms with van der Waals surface area (Å²) in [6.07, 6.45) is 8.78. The van der Waals surface area contributed by atoms with Gasteiger partial charge in [0.15, 0.2) is 5.13 Å². The standard InChI is InChI=1S/C14H21N3OS/c15-10-6-2-1-5-9(10)13(18)17-14-16-11-7-3-4-8-12(11)19-14/h9-10H,1-8,15H2,(H,16,17,18). The maximum atomic E-state index is 12.3. The van der Waals surface area contributed by atoms with E-state index in [9.17, 15) is 4.79 Å². The lowest BCUT2D eigenvalue weighted by molar-refractivity contribution is -0.121. The van der Waals surface area contributed by atoms with Crippen molar-refractivity contribution < 1.29 is 4.79 Å². The molecule has 1 heterocycles. The largest absolute Gasteiger partial charge is 0.327 e. The van der Waals surface area contributed by atoms with E-state index in [4.69, 9.17) is 5.73 Å². The van der Waals surface area contributed by atoms with Crippen molar-refractivity contribution in [3.05, 3.63) is 10.6 Å². The van der Waals surface area contributed by atoms with Crippen molar-refractivity contribution in [3.63, 3.8) is 0 Å². The molecule has 1 amide bonds. The van der Waals surface area contributed by atoms with Gasteiger partial charge < -0.3 is 11.1 Å². The lowest BCUT2D eigenvalue weighted by atomic mass is 9.84. The molecule has 2 unspecified atom stereocenters. The zero-order chi connectivity index (χ0) is 13.2. The molecule has 0 aromatic carbocycles. The molecule has 5 heteroatoms. The van der Waals surface area contributed by atoms with Crippen LogP contribution >= 0.6 is 11.3 Å². The minimum atomic E-state index is -0.0327. The molecule has 19 heavy (non-hydrogen) atoms. The van der Waals surface area contributed by atoms with Crippen LogP contribution in [-0.2, 0) is 17.6 Å². The number of carbonyl (C=O) groups is 1. The molecular weight excluding hydrogens is 258 g/mol. The van der Waals surface area contributed by atoms with Gasteiger partial charge in [-0.05, 0) is 38.5 Å². The lowest BCUT2D eigenvalue weighted by Gasteiger charge is -2.26. The van der Waals surface area contributed by atoms with Crippen LogP contribution in [0.3, 0.4) is 0 Å². The zero-order valence-corrected chi connectivity index (χ0v) is 12.0. The van der Waals surface area contributed by atoms with E-state index in [0.717, 1.165) is 43.7 Å². The van der Waals surface area contributed by atoms with Crippen LogP contribution in [-0.4, -0.2) is 16.9 Å². The van der Waals surface area contributed by atoms with Gasteiger partial charge in [-0.2, -0.15) is 0 Å². The Hall–Kier alpha value is -0.940. The predicted molar refractivity (Wildman–Crippen MR) is 77.3 cm³/mol. The van der Waals surface area contributed by atoms with E-state index >= 15 is 0 Å². The number of aryl methyl sites for hydroxylation is 2. The topological polar surface area (TPSA) is 68.0 Å². The van der Waals surface area contributed by atoms with E-state index in [1.165, 1.54) is 23.4 Å². The third-order valence-electron chi connectivity index (χ3n) is 4.23. The molecule has 2 atom stereocenters. The molecule has 1 aromatic heterocycles. The van der Waals surface area contributed by atoms with E-state index in [1.54, 1.807) is 11.3 Å². The Balaban J connectivity index is 1.67.